The summed E-state index contributed by atoms with van der Waals surface area (Å²) in [5.41, 5.74) is 0.441. The lowest BCUT2D eigenvalue weighted by atomic mass is 10.2. The summed E-state index contributed by atoms with van der Waals surface area (Å²) in [5, 5.41) is 16.0. The van der Waals surface area contributed by atoms with E-state index in [1.165, 1.54) is 12.1 Å². The summed E-state index contributed by atoms with van der Waals surface area (Å²) in [6.07, 6.45) is 0.0628. The largest absolute Gasteiger partial charge is 0.481 e. The highest BCUT2D eigenvalue weighted by Crippen LogP contribution is 2.23. The van der Waals surface area contributed by atoms with Crippen LogP contribution in [0.1, 0.15) is 12.3 Å². The molecule has 1 N–H and O–H groups in total. The molecule has 0 spiro atoms. The smallest absolute Gasteiger partial charge is 0.303 e. The molecule has 0 unspecified atom stereocenters. The molecule has 0 saturated heterocycles. The van der Waals surface area contributed by atoms with Gasteiger partial charge in [-0.3, -0.25) is 4.79 Å². The van der Waals surface area contributed by atoms with Crippen LogP contribution in [-0.4, -0.2) is 21.3 Å². The van der Waals surface area contributed by atoms with Crippen LogP contribution in [-0.2, 0) is 11.2 Å². The van der Waals surface area contributed by atoms with Gasteiger partial charge in [-0.15, -0.1) is 10.2 Å². The molecule has 1 aromatic carbocycles. The number of hydrogen-bond acceptors (Lipinski definition) is 4. The van der Waals surface area contributed by atoms with Crippen LogP contribution in [0.4, 0.5) is 4.39 Å². The summed E-state index contributed by atoms with van der Waals surface area (Å²) < 4.78 is 19.0. The Labute approximate surface area is 110 Å². The van der Waals surface area contributed by atoms with Crippen molar-refractivity contribution in [3.8, 4) is 11.5 Å². The molecular weight excluding hydrogens is 307 g/mol. The van der Waals surface area contributed by atoms with Gasteiger partial charge in [0.1, 0.15) is 5.82 Å². The normalized spacial score (nSPS) is 10.6. The van der Waals surface area contributed by atoms with Crippen LogP contribution in [0, 0.1) is 5.82 Å². The second-order valence-corrected chi connectivity index (χ2v) is 4.47. The topological polar surface area (TPSA) is 76.2 Å². The molecule has 2 aromatic rings. The van der Waals surface area contributed by atoms with Gasteiger partial charge in [0, 0.05) is 16.5 Å². The molecule has 0 aliphatic heterocycles. The van der Waals surface area contributed by atoms with Gasteiger partial charge in [0.2, 0.25) is 11.8 Å². The van der Waals surface area contributed by atoms with Gasteiger partial charge in [-0.25, -0.2) is 4.39 Å². The van der Waals surface area contributed by atoms with E-state index in [1.807, 2.05) is 0 Å². The molecule has 18 heavy (non-hydrogen) atoms. The van der Waals surface area contributed by atoms with Gasteiger partial charge < -0.3 is 9.52 Å². The van der Waals surface area contributed by atoms with Gasteiger partial charge in [0.25, 0.3) is 0 Å². The minimum atomic E-state index is -0.941. The first-order valence-electron chi connectivity index (χ1n) is 5.05. The van der Waals surface area contributed by atoms with Crippen LogP contribution < -0.4 is 0 Å². The van der Waals surface area contributed by atoms with Crippen LogP contribution in [0.25, 0.3) is 11.5 Å². The number of aliphatic carboxylic acids is 1. The Morgan fingerprint density at radius 3 is 2.83 bits per heavy atom. The fourth-order valence-electron chi connectivity index (χ4n) is 1.36. The zero-order valence-electron chi connectivity index (χ0n) is 9.06. The molecule has 0 fully saturated rings. The third kappa shape index (κ3) is 3.13. The number of nitrogens with zero attached hydrogens (tertiary/aromatic N) is 2. The summed E-state index contributed by atoms with van der Waals surface area (Å²) in [4.78, 5) is 10.4. The summed E-state index contributed by atoms with van der Waals surface area (Å²) in [7, 11) is 0. The lowest BCUT2D eigenvalue weighted by molar-refractivity contribution is -0.137. The minimum Gasteiger partial charge on any atom is -0.481 e. The van der Waals surface area contributed by atoms with E-state index >= 15 is 0 Å². The third-order valence-corrected chi connectivity index (χ3v) is 2.59. The highest BCUT2D eigenvalue weighted by molar-refractivity contribution is 9.10. The third-order valence-electron chi connectivity index (χ3n) is 2.13. The lowest BCUT2D eigenvalue weighted by Crippen LogP contribution is -1.97. The number of hydrogen-bond donors (Lipinski definition) is 1. The van der Waals surface area contributed by atoms with Crippen LogP contribution in [0.3, 0.4) is 0 Å². The van der Waals surface area contributed by atoms with E-state index in [0.29, 0.717) is 10.0 Å². The molecule has 0 amide bonds. The standard InChI is InChI=1S/C11H8BrFN2O3/c12-7-3-6(4-8(13)5-7)11-15-14-9(18-11)1-2-10(16)17/h3-5H,1-2H2,(H,16,17). The number of benzene rings is 1. The number of carboxylic acids is 1. The molecule has 94 valence electrons. The van der Waals surface area contributed by atoms with E-state index in [1.54, 1.807) is 6.07 Å². The Morgan fingerprint density at radius 2 is 2.17 bits per heavy atom. The van der Waals surface area contributed by atoms with Gasteiger partial charge >= 0.3 is 5.97 Å². The number of aromatic nitrogens is 2. The van der Waals surface area contributed by atoms with Gasteiger partial charge in [-0.2, -0.15) is 0 Å². The zero-order valence-corrected chi connectivity index (χ0v) is 10.6. The second-order valence-electron chi connectivity index (χ2n) is 3.55. The number of aryl methyl sites for hydroxylation is 1. The average molecular weight is 315 g/mol. The first-order valence-corrected chi connectivity index (χ1v) is 5.84. The molecular formula is C11H8BrFN2O3. The highest BCUT2D eigenvalue weighted by Gasteiger charge is 2.11. The average Bonchev–Trinajstić information content (AvgIpc) is 2.73. The van der Waals surface area contributed by atoms with E-state index in [2.05, 4.69) is 26.1 Å². The Balaban J connectivity index is 2.21. The van der Waals surface area contributed by atoms with E-state index < -0.39 is 11.8 Å². The number of carbonyl (C=O) groups is 1. The summed E-state index contributed by atoms with van der Waals surface area (Å²) in [5.74, 6) is -0.990. The lowest BCUT2D eigenvalue weighted by Gasteiger charge is -1.97. The van der Waals surface area contributed by atoms with Gasteiger partial charge in [0.15, 0.2) is 0 Å². The fourth-order valence-corrected chi connectivity index (χ4v) is 1.83. The van der Waals surface area contributed by atoms with Gasteiger partial charge in [-0.05, 0) is 18.2 Å². The molecule has 1 aromatic heterocycles. The van der Waals surface area contributed by atoms with Gasteiger partial charge in [-0.1, -0.05) is 15.9 Å². The van der Waals surface area contributed by atoms with Crippen LogP contribution in [0.2, 0.25) is 0 Å². The quantitative estimate of drug-likeness (QED) is 0.938. The van der Waals surface area contributed by atoms with E-state index in [-0.39, 0.29) is 24.6 Å². The molecule has 0 aliphatic carbocycles. The highest BCUT2D eigenvalue weighted by atomic mass is 79.9. The van der Waals surface area contributed by atoms with Crippen molar-refractivity contribution in [2.24, 2.45) is 0 Å². The van der Waals surface area contributed by atoms with Crippen LogP contribution >= 0.6 is 15.9 Å². The van der Waals surface area contributed by atoms with Crippen LogP contribution in [0.5, 0.6) is 0 Å². The van der Waals surface area contributed by atoms with Gasteiger partial charge in [0.05, 0.1) is 6.42 Å². The summed E-state index contributed by atoms with van der Waals surface area (Å²) >= 11 is 3.16. The van der Waals surface area contributed by atoms with Crippen molar-refractivity contribution in [1.82, 2.24) is 10.2 Å². The van der Waals surface area contributed by atoms with Crippen molar-refractivity contribution in [3.05, 3.63) is 34.4 Å². The molecule has 2 rings (SSSR count). The molecule has 0 bridgehead atoms. The Bertz CT molecular complexity index is 565. The predicted octanol–water partition coefficient (Wildman–Crippen LogP) is 2.66. The number of rotatable bonds is 4. The van der Waals surface area contributed by atoms with Crippen molar-refractivity contribution in [3.63, 3.8) is 0 Å². The first kappa shape index (κ1) is 12.7. The maximum absolute atomic E-state index is 13.2. The maximum Gasteiger partial charge on any atom is 0.303 e. The minimum absolute atomic E-state index is 0.0888. The second kappa shape index (κ2) is 5.26. The Hall–Kier alpha value is -1.76. The maximum atomic E-state index is 13.2. The number of halogens is 2. The zero-order chi connectivity index (χ0) is 13.1. The van der Waals surface area contributed by atoms with E-state index in [4.69, 9.17) is 9.52 Å². The molecule has 0 atom stereocenters. The van der Waals surface area contributed by atoms with Crippen molar-refractivity contribution in [2.75, 3.05) is 0 Å². The van der Waals surface area contributed by atoms with Crippen molar-refractivity contribution >= 4 is 21.9 Å². The molecule has 5 nitrogen and oxygen atoms in total. The van der Waals surface area contributed by atoms with E-state index in [9.17, 15) is 9.18 Å². The monoisotopic (exact) mass is 314 g/mol. The van der Waals surface area contributed by atoms with E-state index in [0.717, 1.165) is 0 Å². The van der Waals surface area contributed by atoms with Crippen molar-refractivity contribution in [1.29, 1.82) is 0 Å². The Morgan fingerprint density at radius 1 is 1.39 bits per heavy atom. The summed E-state index contributed by atoms with van der Waals surface area (Å²) in [6.45, 7) is 0. The fraction of sp³-hybridized carbons (Fsp3) is 0.182. The number of carboxylic acid groups (broad SMARTS) is 1. The Kier molecular flexibility index (Phi) is 3.71. The van der Waals surface area contributed by atoms with Crippen molar-refractivity contribution in [2.45, 2.75) is 12.8 Å². The molecule has 1 heterocycles. The molecule has 0 aliphatic rings. The summed E-state index contributed by atoms with van der Waals surface area (Å²) in [6, 6.07) is 4.21. The van der Waals surface area contributed by atoms with Crippen LogP contribution in [0.15, 0.2) is 27.1 Å². The molecule has 0 radical (unpaired) electrons. The van der Waals surface area contributed by atoms with Crippen molar-refractivity contribution < 1.29 is 18.7 Å². The first-order chi connectivity index (χ1) is 8.54. The SMILES string of the molecule is O=C(O)CCc1nnc(-c2cc(F)cc(Br)c2)o1. The molecule has 0 saturated carbocycles. The molecule has 7 heteroatoms. The predicted molar refractivity (Wildman–Crippen MR) is 63.3 cm³/mol.